The molecule has 0 saturated heterocycles. The summed E-state index contributed by atoms with van der Waals surface area (Å²) in [6, 6.07) is 13.2. The van der Waals surface area contributed by atoms with E-state index in [1.54, 1.807) is 13.3 Å². The molecule has 0 aliphatic carbocycles. The Hall–Kier alpha value is -2.82. The number of aromatic nitrogens is 2. The number of nitrogen functional groups attached to an aromatic ring is 1. The van der Waals surface area contributed by atoms with Gasteiger partial charge in [0.1, 0.15) is 11.4 Å². The van der Waals surface area contributed by atoms with Gasteiger partial charge in [-0.1, -0.05) is 29.4 Å². The van der Waals surface area contributed by atoms with Crippen LogP contribution in [0.5, 0.6) is 5.75 Å². The minimum atomic E-state index is 0.246. The van der Waals surface area contributed by atoms with Crippen molar-refractivity contribution >= 4 is 5.88 Å². The molecule has 1 aromatic carbocycles. The van der Waals surface area contributed by atoms with Crippen LogP contribution in [0.15, 0.2) is 53.2 Å². The number of pyridine rings is 1. The second-order valence-corrected chi connectivity index (χ2v) is 4.19. The molecule has 5 nitrogen and oxygen atoms in total. The second kappa shape index (κ2) is 5.05. The average Bonchev–Trinajstić information content (AvgIpc) is 2.89. The van der Waals surface area contributed by atoms with E-state index in [-0.39, 0.29) is 5.88 Å². The van der Waals surface area contributed by atoms with E-state index in [4.69, 9.17) is 15.0 Å². The van der Waals surface area contributed by atoms with Gasteiger partial charge in [0.25, 0.3) is 0 Å². The van der Waals surface area contributed by atoms with Crippen molar-refractivity contribution in [3.05, 3.63) is 48.7 Å². The SMILES string of the molecule is COc1ccccc1-c1c(-c2ccccn2)noc1N. The number of rotatable bonds is 3. The Morgan fingerprint density at radius 1 is 1.10 bits per heavy atom. The van der Waals surface area contributed by atoms with Gasteiger partial charge in [0.05, 0.1) is 18.4 Å². The Kier molecular flexibility index (Phi) is 3.09. The predicted molar refractivity (Wildman–Crippen MR) is 76.1 cm³/mol. The maximum atomic E-state index is 5.92. The molecule has 0 aliphatic heterocycles. The van der Waals surface area contributed by atoms with Crippen LogP contribution in [0.2, 0.25) is 0 Å². The molecule has 3 aromatic rings. The van der Waals surface area contributed by atoms with Gasteiger partial charge in [-0.15, -0.1) is 0 Å². The van der Waals surface area contributed by atoms with Crippen LogP contribution in [0.1, 0.15) is 0 Å². The number of para-hydroxylation sites is 1. The van der Waals surface area contributed by atoms with Gasteiger partial charge in [0.15, 0.2) is 0 Å². The first-order valence-electron chi connectivity index (χ1n) is 6.11. The summed E-state index contributed by atoms with van der Waals surface area (Å²) in [5, 5.41) is 4.02. The summed E-state index contributed by atoms with van der Waals surface area (Å²) in [5.41, 5.74) is 8.75. The maximum absolute atomic E-state index is 5.92. The van der Waals surface area contributed by atoms with Gasteiger partial charge >= 0.3 is 0 Å². The molecule has 0 spiro atoms. The highest BCUT2D eigenvalue weighted by atomic mass is 16.5. The van der Waals surface area contributed by atoms with Crippen molar-refractivity contribution in [2.45, 2.75) is 0 Å². The third kappa shape index (κ3) is 1.99. The summed E-state index contributed by atoms with van der Waals surface area (Å²) in [6.45, 7) is 0. The number of nitrogens with zero attached hydrogens (tertiary/aromatic N) is 2. The van der Waals surface area contributed by atoms with E-state index in [1.807, 2.05) is 42.5 Å². The predicted octanol–water partition coefficient (Wildman–Crippen LogP) is 2.99. The largest absolute Gasteiger partial charge is 0.496 e. The van der Waals surface area contributed by atoms with Crippen LogP contribution in [0.25, 0.3) is 22.5 Å². The van der Waals surface area contributed by atoms with Crippen LogP contribution in [0.4, 0.5) is 5.88 Å². The lowest BCUT2D eigenvalue weighted by molar-refractivity contribution is 0.416. The van der Waals surface area contributed by atoms with Crippen molar-refractivity contribution in [3.63, 3.8) is 0 Å². The van der Waals surface area contributed by atoms with Crippen LogP contribution < -0.4 is 10.5 Å². The molecule has 0 aliphatic rings. The first-order valence-corrected chi connectivity index (χ1v) is 6.11. The van der Waals surface area contributed by atoms with Crippen molar-refractivity contribution in [2.24, 2.45) is 0 Å². The summed E-state index contributed by atoms with van der Waals surface area (Å²) in [6.07, 6.45) is 1.70. The first-order chi connectivity index (χ1) is 9.81. The Morgan fingerprint density at radius 3 is 2.65 bits per heavy atom. The van der Waals surface area contributed by atoms with Gasteiger partial charge in [-0.2, -0.15) is 0 Å². The fourth-order valence-electron chi connectivity index (χ4n) is 2.09. The highest BCUT2D eigenvalue weighted by molar-refractivity contribution is 5.88. The molecule has 2 heterocycles. The zero-order valence-corrected chi connectivity index (χ0v) is 10.9. The van der Waals surface area contributed by atoms with Gasteiger partial charge in [-0.3, -0.25) is 4.98 Å². The molecule has 2 N–H and O–H groups in total. The summed E-state index contributed by atoms with van der Waals surface area (Å²) in [5.74, 6) is 0.953. The summed E-state index contributed by atoms with van der Waals surface area (Å²) in [4.78, 5) is 4.29. The van der Waals surface area contributed by atoms with Gasteiger partial charge in [0.2, 0.25) is 5.88 Å². The molecule has 0 unspecified atom stereocenters. The number of hydrogen-bond donors (Lipinski definition) is 1. The van der Waals surface area contributed by atoms with Crippen LogP contribution in [-0.4, -0.2) is 17.3 Å². The van der Waals surface area contributed by atoms with Crippen LogP contribution in [0.3, 0.4) is 0 Å². The van der Waals surface area contributed by atoms with E-state index >= 15 is 0 Å². The Morgan fingerprint density at radius 2 is 1.90 bits per heavy atom. The van der Waals surface area contributed by atoms with E-state index in [0.29, 0.717) is 22.7 Å². The molecule has 0 bridgehead atoms. The Balaban J connectivity index is 2.22. The molecule has 0 amide bonds. The molecule has 100 valence electrons. The molecule has 0 atom stereocenters. The van der Waals surface area contributed by atoms with E-state index in [9.17, 15) is 0 Å². The van der Waals surface area contributed by atoms with Gasteiger partial charge in [-0.05, 0) is 18.2 Å². The van der Waals surface area contributed by atoms with Gasteiger partial charge in [0, 0.05) is 11.8 Å². The lowest BCUT2D eigenvalue weighted by Gasteiger charge is -2.08. The fourth-order valence-corrected chi connectivity index (χ4v) is 2.09. The smallest absolute Gasteiger partial charge is 0.230 e. The first kappa shape index (κ1) is 12.2. The molecule has 0 radical (unpaired) electrons. The van der Waals surface area contributed by atoms with E-state index in [0.717, 1.165) is 5.56 Å². The van der Waals surface area contributed by atoms with Crippen LogP contribution in [0, 0.1) is 0 Å². The minimum Gasteiger partial charge on any atom is -0.496 e. The zero-order valence-electron chi connectivity index (χ0n) is 10.9. The third-order valence-electron chi connectivity index (χ3n) is 3.00. The molecular weight excluding hydrogens is 254 g/mol. The highest BCUT2D eigenvalue weighted by Gasteiger charge is 2.20. The van der Waals surface area contributed by atoms with Gasteiger partial charge in [-0.25, -0.2) is 0 Å². The summed E-state index contributed by atoms with van der Waals surface area (Å²) >= 11 is 0. The lowest BCUT2D eigenvalue weighted by Crippen LogP contribution is -1.92. The molecule has 0 saturated carbocycles. The zero-order chi connectivity index (χ0) is 13.9. The van der Waals surface area contributed by atoms with E-state index in [1.165, 1.54) is 0 Å². The standard InChI is InChI=1S/C15H13N3O2/c1-19-12-8-3-2-6-10(12)13-14(18-20-15(13)16)11-7-4-5-9-17-11/h2-9H,16H2,1H3. The van der Waals surface area contributed by atoms with E-state index < -0.39 is 0 Å². The molecule has 20 heavy (non-hydrogen) atoms. The number of anilines is 1. The van der Waals surface area contributed by atoms with Crippen LogP contribution in [-0.2, 0) is 0 Å². The van der Waals surface area contributed by atoms with E-state index in [2.05, 4.69) is 10.1 Å². The topological polar surface area (TPSA) is 74.2 Å². The Bertz CT molecular complexity index is 723. The maximum Gasteiger partial charge on any atom is 0.230 e. The Labute approximate surface area is 116 Å². The van der Waals surface area contributed by atoms with Gasteiger partial charge < -0.3 is 15.0 Å². The number of hydrogen-bond acceptors (Lipinski definition) is 5. The second-order valence-electron chi connectivity index (χ2n) is 4.19. The minimum absolute atomic E-state index is 0.246. The number of benzene rings is 1. The monoisotopic (exact) mass is 267 g/mol. The normalized spacial score (nSPS) is 10.4. The van der Waals surface area contributed by atoms with Crippen molar-refractivity contribution in [3.8, 4) is 28.3 Å². The summed E-state index contributed by atoms with van der Waals surface area (Å²) in [7, 11) is 1.61. The molecule has 0 fully saturated rings. The molecule has 2 aromatic heterocycles. The van der Waals surface area contributed by atoms with Crippen molar-refractivity contribution < 1.29 is 9.26 Å². The fraction of sp³-hybridized carbons (Fsp3) is 0.0667. The molecule has 3 rings (SSSR count). The lowest BCUT2D eigenvalue weighted by atomic mass is 10.0. The summed E-state index contributed by atoms with van der Waals surface area (Å²) < 4.78 is 10.5. The molecular formula is C15H13N3O2. The number of ether oxygens (including phenoxy) is 1. The third-order valence-corrected chi connectivity index (χ3v) is 3.00. The number of nitrogens with two attached hydrogens (primary N) is 1. The highest BCUT2D eigenvalue weighted by Crippen LogP contribution is 2.39. The average molecular weight is 267 g/mol. The molecule has 5 heteroatoms. The number of methoxy groups -OCH3 is 1. The van der Waals surface area contributed by atoms with Crippen LogP contribution >= 0.6 is 0 Å². The van der Waals surface area contributed by atoms with Crippen molar-refractivity contribution in [1.29, 1.82) is 0 Å². The van der Waals surface area contributed by atoms with Crippen molar-refractivity contribution in [1.82, 2.24) is 10.1 Å². The quantitative estimate of drug-likeness (QED) is 0.789. The van der Waals surface area contributed by atoms with Crippen molar-refractivity contribution in [2.75, 3.05) is 12.8 Å².